The Bertz CT molecular complexity index is 384. The third-order valence-corrected chi connectivity index (χ3v) is 6.71. The molecule has 134 valence electrons. The third-order valence-electron chi connectivity index (χ3n) is 6.71. The van der Waals surface area contributed by atoms with Crippen molar-refractivity contribution in [2.45, 2.75) is 90.5 Å². The van der Waals surface area contributed by atoms with Crippen molar-refractivity contribution in [1.82, 2.24) is 4.90 Å². The average molecular weight is 324 g/mol. The number of carboxylic acids is 1. The van der Waals surface area contributed by atoms with Crippen molar-refractivity contribution in [1.29, 1.82) is 0 Å². The van der Waals surface area contributed by atoms with Gasteiger partial charge in [-0.3, -0.25) is 9.69 Å². The summed E-state index contributed by atoms with van der Waals surface area (Å²) in [6.07, 6.45) is 14.3. The maximum Gasteiger partial charge on any atom is 0.320 e. The van der Waals surface area contributed by atoms with Gasteiger partial charge in [-0.15, -0.1) is 0 Å². The van der Waals surface area contributed by atoms with Gasteiger partial charge in [-0.1, -0.05) is 65.2 Å². The van der Waals surface area contributed by atoms with E-state index in [1.54, 1.807) is 0 Å². The van der Waals surface area contributed by atoms with Gasteiger partial charge in [-0.2, -0.15) is 0 Å². The lowest BCUT2D eigenvalue weighted by atomic mass is 9.69. The number of carboxylic acid groups (broad SMARTS) is 1. The van der Waals surface area contributed by atoms with E-state index in [9.17, 15) is 9.90 Å². The highest BCUT2D eigenvalue weighted by Crippen LogP contribution is 2.45. The van der Waals surface area contributed by atoms with Crippen LogP contribution in [0.15, 0.2) is 0 Å². The van der Waals surface area contributed by atoms with Gasteiger partial charge in [0.15, 0.2) is 0 Å². The Kier molecular flexibility index (Phi) is 6.94. The molecule has 0 aromatic heterocycles. The molecule has 2 rings (SSSR count). The smallest absolute Gasteiger partial charge is 0.320 e. The third kappa shape index (κ3) is 5.20. The van der Waals surface area contributed by atoms with Crippen LogP contribution in [0.1, 0.15) is 84.5 Å². The summed E-state index contributed by atoms with van der Waals surface area (Å²) in [5.74, 6) is 0.796. The summed E-state index contributed by atoms with van der Waals surface area (Å²) >= 11 is 0. The van der Waals surface area contributed by atoms with Crippen molar-refractivity contribution in [3.8, 4) is 0 Å². The summed E-state index contributed by atoms with van der Waals surface area (Å²) < 4.78 is 0. The number of nitrogens with zero attached hydrogens (tertiary/aromatic N) is 1. The molecule has 1 aliphatic heterocycles. The minimum Gasteiger partial charge on any atom is -0.480 e. The van der Waals surface area contributed by atoms with Crippen molar-refractivity contribution in [2.24, 2.45) is 17.3 Å². The Balaban J connectivity index is 1.99. The number of hydrogen-bond acceptors (Lipinski definition) is 2. The summed E-state index contributed by atoms with van der Waals surface area (Å²) in [7, 11) is 1.99. The van der Waals surface area contributed by atoms with Gasteiger partial charge in [0.2, 0.25) is 0 Å². The Hall–Kier alpha value is -0.570. The van der Waals surface area contributed by atoms with Crippen LogP contribution < -0.4 is 0 Å². The normalized spacial score (nSPS) is 38.7. The zero-order valence-electron chi connectivity index (χ0n) is 15.5. The van der Waals surface area contributed by atoms with E-state index in [1.807, 2.05) is 7.05 Å². The highest BCUT2D eigenvalue weighted by atomic mass is 16.4. The molecule has 1 saturated heterocycles. The van der Waals surface area contributed by atoms with E-state index in [1.165, 1.54) is 64.2 Å². The first-order chi connectivity index (χ1) is 10.9. The van der Waals surface area contributed by atoms with Gasteiger partial charge in [0.1, 0.15) is 6.04 Å². The van der Waals surface area contributed by atoms with Crippen LogP contribution in [0.2, 0.25) is 0 Å². The van der Waals surface area contributed by atoms with E-state index < -0.39 is 5.97 Å². The first-order valence-electron chi connectivity index (χ1n) is 9.85. The molecule has 0 spiro atoms. The van der Waals surface area contributed by atoms with Crippen LogP contribution in [-0.2, 0) is 4.79 Å². The summed E-state index contributed by atoms with van der Waals surface area (Å²) in [6, 6.07) is -0.266. The molecular formula is C20H37NO2. The molecule has 0 bridgehead atoms. The number of likely N-dealkylation sites (tertiary alicyclic amines) is 1. The van der Waals surface area contributed by atoms with Crippen LogP contribution in [0.5, 0.6) is 0 Å². The zero-order valence-corrected chi connectivity index (χ0v) is 15.5. The Labute approximate surface area is 142 Å². The largest absolute Gasteiger partial charge is 0.480 e. The van der Waals surface area contributed by atoms with Gasteiger partial charge >= 0.3 is 5.97 Å². The molecule has 4 unspecified atom stereocenters. The summed E-state index contributed by atoms with van der Waals surface area (Å²) in [5, 5.41) is 9.42. The van der Waals surface area contributed by atoms with Gasteiger partial charge in [0, 0.05) is 6.54 Å². The predicted molar refractivity (Wildman–Crippen MR) is 95.6 cm³/mol. The maximum atomic E-state index is 11.4. The molecule has 1 saturated carbocycles. The van der Waals surface area contributed by atoms with Crippen LogP contribution in [0.4, 0.5) is 0 Å². The second-order valence-electron chi connectivity index (χ2n) is 8.68. The number of aliphatic carboxylic acids is 1. The van der Waals surface area contributed by atoms with Crippen LogP contribution in [0.25, 0.3) is 0 Å². The molecule has 3 nitrogen and oxygen atoms in total. The van der Waals surface area contributed by atoms with E-state index in [4.69, 9.17) is 0 Å². The molecule has 1 heterocycles. The predicted octanol–water partition coefficient (Wildman–Crippen LogP) is 4.95. The van der Waals surface area contributed by atoms with Crippen LogP contribution in [0.3, 0.4) is 0 Å². The van der Waals surface area contributed by atoms with Gasteiger partial charge in [-0.05, 0) is 43.6 Å². The minimum absolute atomic E-state index is 0.266. The molecule has 0 aromatic carbocycles. The van der Waals surface area contributed by atoms with E-state index >= 15 is 0 Å². The second-order valence-corrected chi connectivity index (χ2v) is 8.68. The van der Waals surface area contributed by atoms with Gasteiger partial charge in [0.25, 0.3) is 0 Å². The molecule has 2 aliphatic rings. The fourth-order valence-corrected chi connectivity index (χ4v) is 4.87. The Morgan fingerprint density at radius 3 is 2.22 bits per heavy atom. The van der Waals surface area contributed by atoms with Gasteiger partial charge in [0.05, 0.1) is 0 Å². The molecule has 23 heavy (non-hydrogen) atoms. The molecule has 1 aliphatic carbocycles. The lowest BCUT2D eigenvalue weighted by molar-refractivity contribution is -0.141. The molecule has 1 N–H and O–H groups in total. The topological polar surface area (TPSA) is 40.5 Å². The summed E-state index contributed by atoms with van der Waals surface area (Å²) in [6.45, 7) is 5.82. The van der Waals surface area contributed by atoms with E-state index in [0.717, 1.165) is 18.9 Å². The Morgan fingerprint density at radius 2 is 1.61 bits per heavy atom. The minimum atomic E-state index is -0.638. The second kappa shape index (κ2) is 8.50. The fourth-order valence-electron chi connectivity index (χ4n) is 4.87. The first-order valence-corrected chi connectivity index (χ1v) is 9.85. The lowest BCUT2D eigenvalue weighted by Gasteiger charge is -2.36. The van der Waals surface area contributed by atoms with Gasteiger partial charge < -0.3 is 5.11 Å². The number of likely N-dealkylation sites (N-methyl/N-ethyl adjacent to an activating group) is 1. The maximum absolute atomic E-state index is 11.4. The van der Waals surface area contributed by atoms with E-state index in [-0.39, 0.29) is 6.04 Å². The standard InChI is InChI=1S/C20H37NO2/c1-16-10-6-4-5-8-12-20(2,13-9-7-11-16)17-14-18(19(22)23)21(3)15-17/h16-18H,4-15H2,1-3H3,(H,22,23). The van der Waals surface area contributed by atoms with Crippen molar-refractivity contribution in [2.75, 3.05) is 13.6 Å². The van der Waals surface area contributed by atoms with E-state index in [0.29, 0.717) is 11.3 Å². The molecule has 0 aromatic rings. The zero-order chi connectivity index (χ0) is 16.9. The molecule has 0 radical (unpaired) electrons. The lowest BCUT2D eigenvalue weighted by Crippen LogP contribution is -2.32. The molecule has 2 fully saturated rings. The molecule has 0 amide bonds. The molecule has 4 atom stereocenters. The Morgan fingerprint density at radius 1 is 1.04 bits per heavy atom. The molecule has 3 heteroatoms. The summed E-state index contributed by atoms with van der Waals surface area (Å²) in [4.78, 5) is 13.5. The van der Waals surface area contributed by atoms with Crippen molar-refractivity contribution in [3.63, 3.8) is 0 Å². The first kappa shape index (κ1) is 18.8. The number of carbonyl (C=O) groups is 1. The van der Waals surface area contributed by atoms with Crippen molar-refractivity contribution >= 4 is 5.97 Å². The average Bonchev–Trinajstić information content (AvgIpc) is 2.89. The quantitative estimate of drug-likeness (QED) is 0.782. The van der Waals surface area contributed by atoms with E-state index in [2.05, 4.69) is 18.7 Å². The van der Waals surface area contributed by atoms with Crippen molar-refractivity contribution in [3.05, 3.63) is 0 Å². The van der Waals surface area contributed by atoms with Crippen molar-refractivity contribution < 1.29 is 9.90 Å². The summed E-state index contributed by atoms with van der Waals surface area (Å²) in [5.41, 5.74) is 0.334. The van der Waals surface area contributed by atoms with Crippen LogP contribution in [0, 0.1) is 17.3 Å². The van der Waals surface area contributed by atoms with Crippen LogP contribution >= 0.6 is 0 Å². The van der Waals surface area contributed by atoms with Gasteiger partial charge in [-0.25, -0.2) is 0 Å². The molecular weight excluding hydrogens is 286 g/mol. The number of hydrogen-bond donors (Lipinski definition) is 1. The monoisotopic (exact) mass is 323 g/mol. The number of rotatable bonds is 2. The van der Waals surface area contributed by atoms with Crippen LogP contribution in [-0.4, -0.2) is 35.6 Å². The highest BCUT2D eigenvalue weighted by molar-refractivity contribution is 5.73. The fraction of sp³-hybridized carbons (Fsp3) is 0.950. The highest BCUT2D eigenvalue weighted by Gasteiger charge is 2.43. The SMILES string of the molecule is CC1CCCCCCC(C)(C2CC(C(=O)O)N(C)C2)CCCC1.